The van der Waals surface area contributed by atoms with Crippen LogP contribution in [0.4, 0.5) is 17.8 Å². The highest BCUT2D eigenvalue weighted by atomic mass is 16.3. The van der Waals surface area contributed by atoms with Crippen molar-refractivity contribution in [2.75, 3.05) is 14.7 Å². The van der Waals surface area contributed by atoms with Crippen LogP contribution < -0.4 is 14.7 Å². The second-order valence-corrected chi connectivity index (χ2v) is 14.4. The largest absolute Gasteiger partial charge is 0.508 e. The van der Waals surface area contributed by atoms with E-state index in [9.17, 15) is 20.4 Å². The van der Waals surface area contributed by atoms with Gasteiger partial charge in [-0.25, -0.2) is 0 Å². The van der Waals surface area contributed by atoms with Crippen molar-refractivity contribution >= 4 is 17.8 Å². The Balaban J connectivity index is 1.39. The molecule has 0 aliphatic carbocycles. The van der Waals surface area contributed by atoms with Crippen molar-refractivity contribution in [3.63, 3.8) is 0 Å². The van der Waals surface area contributed by atoms with Gasteiger partial charge in [-0.3, -0.25) is 0 Å². The van der Waals surface area contributed by atoms with Crippen LogP contribution in [0.15, 0.2) is 146 Å². The van der Waals surface area contributed by atoms with E-state index in [1.54, 1.807) is 48.5 Å². The summed E-state index contributed by atoms with van der Waals surface area (Å²) in [7, 11) is 0. The minimum absolute atomic E-state index is 0.176. The quantitative estimate of drug-likeness (QED) is 0.0805. The Bertz CT molecular complexity index is 1930. The first-order valence-corrected chi connectivity index (χ1v) is 18.9. The number of benzene rings is 6. The van der Waals surface area contributed by atoms with Crippen LogP contribution in [0.3, 0.4) is 0 Å². The molecule has 6 aromatic carbocycles. The smallest absolute Gasteiger partial charge is 0.232 e. The Morgan fingerprint density at radius 2 is 0.474 bits per heavy atom. The lowest BCUT2D eigenvalue weighted by Crippen LogP contribution is -2.31. The van der Waals surface area contributed by atoms with Crippen molar-refractivity contribution in [3.8, 4) is 23.0 Å². The number of nitrogens with zero attached hydrogens (tertiary/aromatic N) is 6. The van der Waals surface area contributed by atoms with Crippen molar-refractivity contribution in [1.29, 1.82) is 0 Å². The molecule has 10 heteroatoms. The highest BCUT2D eigenvalue weighted by Crippen LogP contribution is 2.28. The zero-order valence-corrected chi connectivity index (χ0v) is 32.1. The number of phenols is 4. The van der Waals surface area contributed by atoms with Gasteiger partial charge in [-0.15, -0.1) is 0 Å². The van der Waals surface area contributed by atoms with Crippen molar-refractivity contribution < 1.29 is 20.4 Å². The van der Waals surface area contributed by atoms with Gasteiger partial charge in [-0.1, -0.05) is 108 Å². The van der Waals surface area contributed by atoms with Gasteiger partial charge in [0.25, 0.3) is 0 Å². The van der Waals surface area contributed by atoms with Crippen LogP contribution in [0.25, 0.3) is 0 Å². The highest BCUT2D eigenvalue weighted by molar-refractivity contribution is 5.50. The fourth-order valence-electron chi connectivity index (χ4n) is 6.47. The molecule has 7 rings (SSSR count). The topological polar surface area (TPSA) is 129 Å². The highest BCUT2D eigenvalue weighted by Gasteiger charge is 2.23. The molecule has 0 fully saturated rings. The summed E-state index contributed by atoms with van der Waals surface area (Å²) >= 11 is 0. The second-order valence-electron chi connectivity index (χ2n) is 14.4. The first-order chi connectivity index (χ1) is 27.6. The van der Waals surface area contributed by atoms with E-state index in [1.807, 2.05) is 48.5 Å². The predicted octanol–water partition coefficient (Wildman–Crippen LogP) is 8.93. The molecule has 1 heterocycles. The van der Waals surface area contributed by atoms with Gasteiger partial charge in [-0.2, -0.15) is 15.0 Å². The Morgan fingerprint density at radius 1 is 0.298 bits per heavy atom. The van der Waals surface area contributed by atoms with Crippen molar-refractivity contribution in [3.05, 3.63) is 190 Å². The summed E-state index contributed by atoms with van der Waals surface area (Å²) in [4.78, 5) is 22.0. The summed E-state index contributed by atoms with van der Waals surface area (Å²) < 4.78 is 0. The Morgan fingerprint density at radius 3 is 0.667 bits per heavy atom. The zero-order chi connectivity index (χ0) is 39.7. The van der Waals surface area contributed by atoms with Crippen LogP contribution in [0.5, 0.6) is 23.0 Å². The molecule has 0 bridgehead atoms. The third kappa shape index (κ3) is 10.6. The number of phenolic OH excluding ortho intramolecular Hbond substituents is 4. The molecule has 10 nitrogen and oxygen atoms in total. The minimum atomic E-state index is 0.176. The molecule has 0 atom stereocenters. The van der Waals surface area contributed by atoms with Crippen LogP contribution in [-0.4, -0.2) is 35.4 Å². The van der Waals surface area contributed by atoms with Gasteiger partial charge >= 0.3 is 0 Å². The summed E-state index contributed by atoms with van der Waals surface area (Å²) in [6.07, 6.45) is 0. The second kappa shape index (κ2) is 17.6. The Labute approximate surface area is 333 Å². The molecule has 4 N–H and O–H groups in total. The fourth-order valence-corrected chi connectivity index (χ4v) is 6.47. The number of aromatic hydroxyl groups is 4. The van der Waals surface area contributed by atoms with E-state index < -0.39 is 0 Å². The number of hydrogen-bond acceptors (Lipinski definition) is 10. The predicted molar refractivity (Wildman–Crippen MR) is 224 cm³/mol. The van der Waals surface area contributed by atoms with E-state index >= 15 is 0 Å². The van der Waals surface area contributed by atoms with Gasteiger partial charge < -0.3 is 35.1 Å². The SMILES string of the molecule is Cc1ccc(CN(Cc2ccc(O)cc2)c2nc(N(Cc3ccc(C)cc3)Cc3ccc(O)cc3)nc(N(Cc3ccc(O)cc3)Cc3ccc(O)cc3)n2)cc1. The van der Waals surface area contributed by atoms with E-state index in [-0.39, 0.29) is 23.0 Å². The fraction of sp³-hybridized carbons (Fsp3) is 0.170. The van der Waals surface area contributed by atoms with Crippen LogP contribution >= 0.6 is 0 Å². The van der Waals surface area contributed by atoms with Gasteiger partial charge in [0, 0.05) is 39.3 Å². The number of aromatic nitrogens is 3. The lowest BCUT2D eigenvalue weighted by molar-refractivity contribution is 0.474. The van der Waals surface area contributed by atoms with E-state index in [0.29, 0.717) is 57.1 Å². The molecule has 0 unspecified atom stereocenters. The van der Waals surface area contributed by atoms with Crippen molar-refractivity contribution in [2.45, 2.75) is 53.1 Å². The van der Waals surface area contributed by atoms with E-state index in [1.165, 1.54) is 0 Å². The number of aryl methyl sites for hydroxylation is 2. The van der Waals surface area contributed by atoms with E-state index in [0.717, 1.165) is 44.5 Å². The Kier molecular flexibility index (Phi) is 11.8. The molecule has 1 aromatic heterocycles. The normalized spacial score (nSPS) is 11.0. The van der Waals surface area contributed by atoms with Crippen LogP contribution in [0.1, 0.15) is 44.5 Å². The van der Waals surface area contributed by atoms with E-state index in [4.69, 9.17) is 15.0 Å². The van der Waals surface area contributed by atoms with E-state index in [2.05, 4.69) is 77.1 Å². The number of hydrogen-bond donors (Lipinski definition) is 4. The molecule has 0 saturated carbocycles. The average Bonchev–Trinajstić information content (AvgIpc) is 3.22. The van der Waals surface area contributed by atoms with Gasteiger partial charge in [0.1, 0.15) is 23.0 Å². The average molecular weight is 759 g/mol. The summed E-state index contributed by atoms with van der Waals surface area (Å²) in [5.74, 6) is 2.10. The van der Waals surface area contributed by atoms with Crippen LogP contribution in [0.2, 0.25) is 0 Å². The maximum Gasteiger partial charge on any atom is 0.232 e. The lowest BCUT2D eigenvalue weighted by atomic mass is 10.1. The number of anilines is 3. The van der Waals surface area contributed by atoms with Gasteiger partial charge in [0.2, 0.25) is 17.8 Å². The summed E-state index contributed by atoms with van der Waals surface area (Å²) in [6, 6.07) is 45.3. The van der Waals surface area contributed by atoms with Gasteiger partial charge in [0.05, 0.1) is 0 Å². The van der Waals surface area contributed by atoms with Crippen molar-refractivity contribution in [2.24, 2.45) is 0 Å². The first kappa shape index (κ1) is 38.2. The summed E-state index contributed by atoms with van der Waals surface area (Å²) in [5, 5.41) is 40.4. The maximum absolute atomic E-state index is 10.1. The van der Waals surface area contributed by atoms with Gasteiger partial charge in [-0.05, 0) is 95.8 Å². The molecule has 57 heavy (non-hydrogen) atoms. The minimum Gasteiger partial charge on any atom is -0.508 e. The molecular weight excluding hydrogens is 713 g/mol. The molecule has 288 valence electrons. The molecule has 0 aliphatic rings. The third-order valence-electron chi connectivity index (χ3n) is 9.68. The Hall–Kier alpha value is -7.07. The zero-order valence-electron chi connectivity index (χ0n) is 32.1. The summed E-state index contributed by atoms with van der Waals surface area (Å²) in [6.45, 7) is 6.84. The molecule has 0 amide bonds. The molecule has 0 aliphatic heterocycles. The monoisotopic (exact) mass is 758 g/mol. The molecule has 0 saturated heterocycles. The van der Waals surface area contributed by atoms with Crippen LogP contribution in [-0.2, 0) is 39.3 Å². The third-order valence-corrected chi connectivity index (χ3v) is 9.68. The summed E-state index contributed by atoms with van der Waals surface area (Å²) in [5.41, 5.74) is 8.29. The molecular formula is C47H46N6O4. The van der Waals surface area contributed by atoms with Gasteiger partial charge in [0.15, 0.2) is 0 Å². The van der Waals surface area contributed by atoms with Crippen LogP contribution in [0, 0.1) is 13.8 Å². The molecule has 7 aromatic rings. The first-order valence-electron chi connectivity index (χ1n) is 18.9. The van der Waals surface area contributed by atoms with Crippen molar-refractivity contribution in [1.82, 2.24) is 15.0 Å². The standard InChI is InChI=1S/C47H46N6O4/c1-33-3-7-35(8-4-33)27-51(29-37-11-19-41(54)20-12-37)45-48-46(52(28-36-9-5-34(2)6-10-36)30-38-13-21-42(55)22-14-38)50-47(49-45)53(31-39-15-23-43(56)24-16-39)32-40-17-25-44(57)26-18-40/h3-26,54-57H,27-32H2,1-2H3. The number of rotatable bonds is 15. The lowest BCUT2D eigenvalue weighted by Gasteiger charge is -2.30. The molecule has 0 radical (unpaired) electrons. The maximum atomic E-state index is 10.1. The molecule has 0 spiro atoms.